The second-order valence-corrected chi connectivity index (χ2v) is 2.97. The van der Waals surface area contributed by atoms with Gasteiger partial charge in [0.05, 0.1) is 6.61 Å². The summed E-state index contributed by atoms with van der Waals surface area (Å²) in [5.74, 6) is 0. The lowest BCUT2D eigenvalue weighted by atomic mass is 10.3. The van der Waals surface area contributed by atoms with Crippen LogP contribution >= 0.6 is 0 Å². The van der Waals surface area contributed by atoms with Crippen LogP contribution in [0.25, 0.3) is 0 Å². The van der Waals surface area contributed by atoms with E-state index < -0.39 is 6.09 Å². The molecule has 0 aliphatic heterocycles. The van der Waals surface area contributed by atoms with Crippen molar-refractivity contribution in [1.82, 2.24) is 5.32 Å². The Kier molecular flexibility index (Phi) is 9.68. The highest BCUT2D eigenvalue weighted by molar-refractivity contribution is 5.66. The average molecular weight is 204 g/mol. The summed E-state index contributed by atoms with van der Waals surface area (Å²) < 4.78 is 0. The second-order valence-electron chi connectivity index (χ2n) is 2.97. The third-order valence-corrected chi connectivity index (χ3v) is 1.62. The molecule has 0 aromatic carbocycles. The highest BCUT2D eigenvalue weighted by Crippen LogP contribution is 1.94. The van der Waals surface area contributed by atoms with Crippen molar-refractivity contribution in [3.05, 3.63) is 0 Å². The van der Waals surface area contributed by atoms with Crippen molar-refractivity contribution in [1.29, 1.82) is 0 Å². The molecule has 84 valence electrons. The summed E-state index contributed by atoms with van der Waals surface area (Å²) in [6, 6.07) is 0. The fourth-order valence-corrected chi connectivity index (χ4v) is 0.828. The van der Waals surface area contributed by atoms with Gasteiger partial charge in [0, 0.05) is 6.54 Å². The van der Waals surface area contributed by atoms with Crippen molar-refractivity contribution in [2.45, 2.75) is 32.6 Å². The topological polar surface area (TPSA) is 73.6 Å². The van der Waals surface area contributed by atoms with E-state index in [1.54, 1.807) is 0 Å². The van der Waals surface area contributed by atoms with Gasteiger partial charge in [-0.25, -0.2) is 4.79 Å². The third kappa shape index (κ3) is 9.28. The standard InChI is InChI=1S/C9H20N2O3/c1-2-3-4-8-13-14-9(12)11-7-5-6-10/h2-8,10H2,1H3,(H,11,12). The van der Waals surface area contributed by atoms with E-state index in [4.69, 9.17) is 5.73 Å². The van der Waals surface area contributed by atoms with Gasteiger partial charge in [-0.3, -0.25) is 4.89 Å². The van der Waals surface area contributed by atoms with E-state index in [1.807, 2.05) is 0 Å². The predicted octanol–water partition coefficient (Wildman–Crippen LogP) is 1.18. The Morgan fingerprint density at radius 1 is 1.36 bits per heavy atom. The maximum atomic E-state index is 10.9. The number of carbonyl (C=O) groups is 1. The average Bonchev–Trinajstić information content (AvgIpc) is 2.18. The zero-order chi connectivity index (χ0) is 10.6. The van der Waals surface area contributed by atoms with Crippen molar-refractivity contribution in [3.8, 4) is 0 Å². The molecular weight excluding hydrogens is 184 g/mol. The van der Waals surface area contributed by atoms with Crippen LogP contribution in [0.15, 0.2) is 0 Å². The third-order valence-electron chi connectivity index (χ3n) is 1.62. The highest BCUT2D eigenvalue weighted by Gasteiger charge is 2.00. The lowest BCUT2D eigenvalue weighted by Crippen LogP contribution is -2.26. The van der Waals surface area contributed by atoms with Crippen molar-refractivity contribution in [2.75, 3.05) is 19.7 Å². The van der Waals surface area contributed by atoms with Gasteiger partial charge < -0.3 is 11.1 Å². The van der Waals surface area contributed by atoms with Crippen molar-refractivity contribution >= 4 is 6.09 Å². The smallest absolute Gasteiger partial charge is 0.330 e. The predicted molar refractivity (Wildman–Crippen MR) is 53.6 cm³/mol. The van der Waals surface area contributed by atoms with E-state index in [0.717, 1.165) is 25.7 Å². The molecule has 0 saturated carbocycles. The largest absolute Gasteiger partial charge is 0.438 e. The van der Waals surface area contributed by atoms with Gasteiger partial charge in [0.1, 0.15) is 0 Å². The first-order chi connectivity index (χ1) is 6.81. The molecule has 0 spiro atoms. The second kappa shape index (κ2) is 10.3. The van der Waals surface area contributed by atoms with Gasteiger partial charge >= 0.3 is 6.09 Å². The number of rotatable bonds is 8. The van der Waals surface area contributed by atoms with Gasteiger partial charge in [0.2, 0.25) is 0 Å². The molecule has 0 fully saturated rings. The molecule has 0 rings (SSSR count). The van der Waals surface area contributed by atoms with E-state index in [9.17, 15) is 4.79 Å². The van der Waals surface area contributed by atoms with Gasteiger partial charge in [-0.15, -0.1) is 0 Å². The van der Waals surface area contributed by atoms with Gasteiger partial charge in [-0.2, -0.15) is 4.89 Å². The SMILES string of the molecule is CCCCCOOC(=O)NCCCN. The summed E-state index contributed by atoms with van der Waals surface area (Å²) in [6.45, 7) is 3.63. The molecule has 0 aliphatic carbocycles. The Bertz CT molecular complexity index is 142. The molecule has 1 amide bonds. The maximum Gasteiger partial charge on any atom is 0.438 e. The summed E-state index contributed by atoms with van der Waals surface area (Å²) >= 11 is 0. The van der Waals surface area contributed by atoms with Gasteiger partial charge in [-0.1, -0.05) is 19.8 Å². The molecule has 0 radical (unpaired) electrons. The molecule has 5 heteroatoms. The summed E-state index contributed by atoms with van der Waals surface area (Å²) in [6.07, 6.45) is 3.30. The fraction of sp³-hybridized carbons (Fsp3) is 0.889. The molecule has 3 N–H and O–H groups in total. The minimum atomic E-state index is -0.546. The van der Waals surface area contributed by atoms with Gasteiger partial charge in [0.15, 0.2) is 0 Å². The first kappa shape index (κ1) is 13.2. The van der Waals surface area contributed by atoms with Crippen LogP contribution in [0.1, 0.15) is 32.6 Å². The van der Waals surface area contributed by atoms with Gasteiger partial charge in [-0.05, 0) is 19.4 Å². The van der Waals surface area contributed by atoms with E-state index >= 15 is 0 Å². The number of nitrogens with one attached hydrogen (secondary N) is 1. The molecule has 0 aliphatic rings. The maximum absolute atomic E-state index is 10.9. The normalized spacial score (nSPS) is 9.86. The molecule has 0 bridgehead atoms. The zero-order valence-corrected chi connectivity index (χ0v) is 8.75. The molecule has 0 heterocycles. The zero-order valence-electron chi connectivity index (χ0n) is 8.75. The Morgan fingerprint density at radius 2 is 2.14 bits per heavy atom. The van der Waals surface area contributed by atoms with E-state index in [2.05, 4.69) is 22.0 Å². The fourth-order valence-electron chi connectivity index (χ4n) is 0.828. The van der Waals surface area contributed by atoms with E-state index in [0.29, 0.717) is 19.7 Å². The number of carbonyl (C=O) groups excluding carboxylic acids is 1. The lowest BCUT2D eigenvalue weighted by Gasteiger charge is -2.04. The quantitative estimate of drug-likeness (QED) is 0.354. The summed E-state index contributed by atoms with van der Waals surface area (Å²) in [7, 11) is 0. The van der Waals surface area contributed by atoms with Crippen LogP contribution in [-0.2, 0) is 9.78 Å². The monoisotopic (exact) mass is 204 g/mol. The van der Waals surface area contributed by atoms with E-state index in [-0.39, 0.29) is 0 Å². The minimum Gasteiger partial charge on any atom is -0.330 e. The molecule has 0 unspecified atom stereocenters. The lowest BCUT2D eigenvalue weighted by molar-refractivity contribution is -0.239. The Labute approximate surface area is 84.9 Å². The molecule has 0 aromatic heterocycles. The molecule has 5 nitrogen and oxygen atoms in total. The van der Waals surface area contributed by atoms with Crippen molar-refractivity contribution < 1.29 is 14.6 Å². The molecule has 0 aromatic rings. The van der Waals surface area contributed by atoms with Crippen LogP contribution in [0.5, 0.6) is 0 Å². The summed E-state index contributed by atoms with van der Waals surface area (Å²) in [5.41, 5.74) is 5.25. The first-order valence-electron chi connectivity index (χ1n) is 5.08. The number of nitrogens with two attached hydrogens (primary N) is 1. The molecule has 0 saturated heterocycles. The van der Waals surface area contributed by atoms with Crippen molar-refractivity contribution in [2.24, 2.45) is 5.73 Å². The highest BCUT2D eigenvalue weighted by atomic mass is 17.2. The minimum absolute atomic E-state index is 0.456. The van der Waals surface area contributed by atoms with Crippen LogP contribution in [0.4, 0.5) is 4.79 Å². The summed E-state index contributed by atoms with van der Waals surface area (Å²) in [4.78, 5) is 20.0. The first-order valence-corrected chi connectivity index (χ1v) is 5.08. The number of unbranched alkanes of at least 4 members (excludes halogenated alkanes) is 2. The van der Waals surface area contributed by atoms with Crippen LogP contribution in [0.3, 0.4) is 0 Å². The Balaban J connectivity index is 3.10. The molecular formula is C9H20N2O3. The van der Waals surface area contributed by atoms with Gasteiger partial charge in [0.25, 0.3) is 0 Å². The van der Waals surface area contributed by atoms with Crippen molar-refractivity contribution in [3.63, 3.8) is 0 Å². The van der Waals surface area contributed by atoms with Crippen LogP contribution in [-0.4, -0.2) is 25.8 Å². The van der Waals surface area contributed by atoms with Crippen LogP contribution in [0, 0.1) is 0 Å². The number of hydrogen-bond donors (Lipinski definition) is 2. The molecule has 14 heavy (non-hydrogen) atoms. The number of amides is 1. The molecule has 0 atom stereocenters. The Morgan fingerprint density at radius 3 is 2.79 bits per heavy atom. The van der Waals surface area contributed by atoms with Crippen LogP contribution < -0.4 is 11.1 Å². The van der Waals surface area contributed by atoms with Crippen LogP contribution in [0.2, 0.25) is 0 Å². The Hall–Kier alpha value is -0.810. The van der Waals surface area contributed by atoms with E-state index in [1.165, 1.54) is 0 Å². The summed E-state index contributed by atoms with van der Waals surface area (Å²) in [5, 5.41) is 2.51. The number of hydrogen-bond acceptors (Lipinski definition) is 4.